The molecule has 0 bridgehead atoms. The molecular formula is C61H97NO18. The number of nitrogens with one attached hydrogen (secondary N) is 1. The largest absolute Gasteiger partial charge is 0.394 e. The molecule has 0 spiro atoms. The Morgan fingerprint density at radius 3 is 1.31 bits per heavy atom. The van der Waals surface area contributed by atoms with Gasteiger partial charge in [-0.1, -0.05) is 155 Å². The minimum Gasteiger partial charge on any atom is -0.394 e. The van der Waals surface area contributed by atoms with Gasteiger partial charge in [0.05, 0.1) is 38.6 Å². The van der Waals surface area contributed by atoms with Crippen LogP contribution in [-0.4, -0.2) is 193 Å². The molecule has 0 aromatic heterocycles. The minimum absolute atomic E-state index is 0.153. The predicted octanol–water partition coefficient (Wildman–Crippen LogP) is 4.53. The minimum atomic E-state index is -1.99. The first kappa shape index (κ1) is 70.5. The molecule has 80 heavy (non-hydrogen) atoms. The number of ether oxygens (including phenoxy) is 6. The summed E-state index contributed by atoms with van der Waals surface area (Å²) >= 11 is 0. The van der Waals surface area contributed by atoms with Crippen LogP contribution >= 0.6 is 0 Å². The van der Waals surface area contributed by atoms with E-state index < -0.39 is 124 Å². The summed E-state index contributed by atoms with van der Waals surface area (Å²) in [5, 5.41) is 119. The molecule has 0 aromatic carbocycles. The molecule has 3 aliphatic heterocycles. The summed E-state index contributed by atoms with van der Waals surface area (Å²) in [6, 6.07) is -1.01. The second kappa shape index (κ2) is 42.9. The van der Waals surface area contributed by atoms with E-state index in [1.165, 1.54) is 0 Å². The molecule has 454 valence electrons. The fourth-order valence-electron chi connectivity index (χ4n) is 8.78. The van der Waals surface area contributed by atoms with Gasteiger partial charge in [-0.05, 0) is 83.5 Å². The lowest BCUT2D eigenvalue weighted by molar-refractivity contribution is -0.379. The van der Waals surface area contributed by atoms with Gasteiger partial charge in [0.15, 0.2) is 18.9 Å². The van der Waals surface area contributed by atoms with E-state index in [1.54, 1.807) is 6.08 Å². The molecule has 0 saturated carbocycles. The molecule has 19 nitrogen and oxygen atoms in total. The average Bonchev–Trinajstić information content (AvgIpc) is 3.45. The lowest BCUT2D eigenvalue weighted by Gasteiger charge is -2.48. The molecule has 0 aliphatic carbocycles. The molecule has 3 saturated heterocycles. The van der Waals surface area contributed by atoms with Crippen molar-refractivity contribution in [2.24, 2.45) is 0 Å². The van der Waals surface area contributed by atoms with Crippen LogP contribution in [0.2, 0.25) is 0 Å². The van der Waals surface area contributed by atoms with E-state index in [0.29, 0.717) is 19.3 Å². The molecule has 1 amide bonds. The number of unbranched alkanes of at least 4 members (excludes halogenated alkanes) is 5. The molecule has 3 aliphatic rings. The molecule has 17 atom stereocenters. The van der Waals surface area contributed by atoms with Crippen LogP contribution in [0.5, 0.6) is 0 Å². The lowest BCUT2D eigenvalue weighted by Crippen LogP contribution is -2.66. The van der Waals surface area contributed by atoms with Crippen LogP contribution in [-0.2, 0) is 33.2 Å². The second-order valence-electron chi connectivity index (χ2n) is 20.0. The van der Waals surface area contributed by atoms with Crippen molar-refractivity contribution in [2.45, 2.75) is 227 Å². The highest BCUT2D eigenvalue weighted by Gasteiger charge is 2.53. The summed E-state index contributed by atoms with van der Waals surface area (Å²) in [5.41, 5.74) is 0. The molecule has 3 heterocycles. The third-order valence-electron chi connectivity index (χ3n) is 13.5. The predicted molar refractivity (Wildman–Crippen MR) is 304 cm³/mol. The zero-order valence-electron chi connectivity index (χ0n) is 47.0. The lowest BCUT2D eigenvalue weighted by atomic mass is 9.96. The molecule has 12 N–H and O–H groups in total. The van der Waals surface area contributed by atoms with Crippen LogP contribution in [0.1, 0.15) is 123 Å². The number of aliphatic hydroxyl groups excluding tert-OH is 11. The van der Waals surface area contributed by atoms with E-state index in [-0.39, 0.29) is 18.9 Å². The highest BCUT2D eigenvalue weighted by atomic mass is 16.8. The van der Waals surface area contributed by atoms with E-state index in [9.17, 15) is 61.0 Å². The van der Waals surface area contributed by atoms with Crippen molar-refractivity contribution in [2.75, 3.05) is 26.4 Å². The Kier molecular flexibility index (Phi) is 37.8. The highest BCUT2D eigenvalue weighted by Crippen LogP contribution is 2.33. The number of carbonyl (C=O) groups excluding carboxylic acids is 1. The smallest absolute Gasteiger partial charge is 0.220 e. The number of hydrogen-bond donors (Lipinski definition) is 12. The van der Waals surface area contributed by atoms with Gasteiger partial charge in [0.25, 0.3) is 0 Å². The summed E-state index contributed by atoms with van der Waals surface area (Å²) in [6.45, 7) is 1.41. The van der Waals surface area contributed by atoms with E-state index in [4.69, 9.17) is 28.4 Å². The van der Waals surface area contributed by atoms with E-state index in [0.717, 1.165) is 83.5 Å². The number of rotatable bonds is 39. The summed E-state index contributed by atoms with van der Waals surface area (Å²) < 4.78 is 34.0. The van der Waals surface area contributed by atoms with Crippen molar-refractivity contribution in [3.63, 3.8) is 0 Å². The maximum atomic E-state index is 13.2. The summed E-state index contributed by atoms with van der Waals surface area (Å²) in [6.07, 6.45) is 29.7. The Hall–Kier alpha value is -3.81. The molecule has 3 rings (SSSR count). The summed E-state index contributed by atoms with van der Waals surface area (Å²) in [7, 11) is 0. The fourth-order valence-corrected chi connectivity index (χ4v) is 8.78. The molecular weight excluding hydrogens is 1030 g/mol. The first-order chi connectivity index (χ1) is 38.8. The van der Waals surface area contributed by atoms with Crippen molar-refractivity contribution in [3.05, 3.63) is 122 Å². The number of carbonyl (C=O) groups is 1. The summed E-state index contributed by atoms with van der Waals surface area (Å²) in [4.78, 5) is 13.2. The van der Waals surface area contributed by atoms with E-state index in [1.807, 2.05) is 18.2 Å². The number of aliphatic hydroxyl groups is 11. The maximum Gasteiger partial charge on any atom is 0.220 e. The SMILES string of the molecule is CC/C=C\C/C=C\C/C=C\C/C=C\C/C=C\C/C=C\C/C=C\C/C=C\C/C=C\CCCC(=O)NC(COC1OC(CO)C(OC2OC(CO)C(OC3OC(CO)C(O)C(O)C3O)C(O)C2O)C(O)C1O)C(O)/C=C/CCCCCC. The third-order valence-corrected chi connectivity index (χ3v) is 13.5. The van der Waals surface area contributed by atoms with Gasteiger partial charge in [0.2, 0.25) is 5.91 Å². The maximum absolute atomic E-state index is 13.2. The van der Waals surface area contributed by atoms with Crippen LogP contribution in [0, 0.1) is 0 Å². The Balaban J connectivity index is 1.42. The van der Waals surface area contributed by atoms with E-state index >= 15 is 0 Å². The zero-order chi connectivity index (χ0) is 58.3. The topological polar surface area (TPSA) is 307 Å². The van der Waals surface area contributed by atoms with Crippen LogP contribution < -0.4 is 5.32 Å². The molecule has 0 aromatic rings. The third kappa shape index (κ3) is 26.6. The molecule has 19 heteroatoms. The number of allylic oxidation sites excluding steroid dienone is 19. The van der Waals surface area contributed by atoms with E-state index in [2.05, 4.69) is 116 Å². The van der Waals surface area contributed by atoms with Crippen LogP contribution in [0.4, 0.5) is 0 Å². The molecule has 17 unspecified atom stereocenters. The normalized spacial score (nSPS) is 30.9. The van der Waals surface area contributed by atoms with Crippen LogP contribution in [0.15, 0.2) is 122 Å². The quantitative estimate of drug-likeness (QED) is 0.0297. The monoisotopic (exact) mass is 1130 g/mol. The van der Waals surface area contributed by atoms with Crippen molar-refractivity contribution in [3.8, 4) is 0 Å². The van der Waals surface area contributed by atoms with Crippen molar-refractivity contribution in [1.29, 1.82) is 0 Å². The number of hydrogen-bond acceptors (Lipinski definition) is 18. The Labute approximate surface area is 474 Å². The van der Waals surface area contributed by atoms with Crippen molar-refractivity contribution in [1.82, 2.24) is 5.32 Å². The summed E-state index contributed by atoms with van der Waals surface area (Å²) in [5.74, 6) is -0.347. The van der Waals surface area contributed by atoms with Gasteiger partial charge in [-0.2, -0.15) is 0 Å². The first-order valence-electron chi connectivity index (χ1n) is 28.8. The van der Waals surface area contributed by atoms with Crippen molar-refractivity contribution < 1.29 is 89.4 Å². The van der Waals surface area contributed by atoms with Gasteiger partial charge in [-0.25, -0.2) is 0 Å². The van der Waals surface area contributed by atoms with Gasteiger partial charge in [-0.3, -0.25) is 4.79 Å². The van der Waals surface area contributed by atoms with Gasteiger partial charge in [-0.15, -0.1) is 0 Å². The van der Waals surface area contributed by atoms with Crippen LogP contribution in [0.3, 0.4) is 0 Å². The highest BCUT2D eigenvalue weighted by molar-refractivity contribution is 5.76. The number of amides is 1. The van der Waals surface area contributed by atoms with Gasteiger partial charge in [0, 0.05) is 6.42 Å². The van der Waals surface area contributed by atoms with Gasteiger partial charge in [0.1, 0.15) is 73.2 Å². The van der Waals surface area contributed by atoms with Crippen LogP contribution in [0.25, 0.3) is 0 Å². The van der Waals surface area contributed by atoms with Gasteiger partial charge >= 0.3 is 0 Å². The Morgan fingerprint density at radius 2 is 0.863 bits per heavy atom. The first-order valence-corrected chi connectivity index (χ1v) is 28.8. The second-order valence-corrected chi connectivity index (χ2v) is 20.0. The van der Waals surface area contributed by atoms with Crippen molar-refractivity contribution >= 4 is 5.91 Å². The van der Waals surface area contributed by atoms with Gasteiger partial charge < -0.3 is 89.9 Å². The molecule has 0 radical (unpaired) electrons. The zero-order valence-corrected chi connectivity index (χ0v) is 47.0. The molecule has 3 fully saturated rings. The standard InChI is InChI=1S/C61H97NO18/c1-3-5-7-9-11-12-13-14-15-16-17-18-19-20-21-22-23-24-25-26-27-28-29-30-31-32-33-35-37-39-49(67)62-44(45(66)38-36-34-10-8-6-4-2)43-75-59-55(73)52(70)57(47(41-64)77-59)80-61-56(74)53(71)58(48(42-65)78-61)79-60-54(72)51(69)50(68)46(40-63)76-60/h5,7,11-12,14-15,17-18,20-21,23-24,26-27,29-30,32-33,36,38,44-48,50-61,63-66,68-74H,3-4,6,8-10,13,16,19,22,25,28,31,34-35,37,39-43H2,1-2H3,(H,62,67)/b7-5-,12-11-,15-14-,18-17-,21-20-,24-23-,27-26-,30-29-,33-32-,38-36+. The Bertz CT molecular complexity index is 1930. The Morgan fingerprint density at radius 1 is 0.463 bits per heavy atom. The average molecular weight is 1130 g/mol. The fraction of sp³-hybridized carbons (Fsp3) is 0.656.